The van der Waals surface area contributed by atoms with Crippen LogP contribution in [-0.4, -0.2) is 0 Å². The minimum Gasteiger partial charge on any atom is -2.00 e. The quantitative estimate of drug-likeness (QED) is 0.461. The van der Waals surface area contributed by atoms with E-state index in [1.807, 2.05) is 0 Å². The molecule has 0 aliphatic heterocycles. The molecule has 0 aromatic carbocycles. The van der Waals surface area contributed by atoms with Gasteiger partial charge < -0.3 is 16.4 Å². The van der Waals surface area contributed by atoms with Crippen molar-refractivity contribution in [3.8, 4) is 0 Å². The van der Waals surface area contributed by atoms with E-state index in [1.54, 1.807) is 0 Å². The molecule has 0 N–H and O–H groups in total. The minimum absolute atomic E-state index is 0. The van der Waals surface area contributed by atoms with Crippen molar-refractivity contribution in [3.05, 3.63) is 0 Å². The molecule has 0 amide bonds. The Balaban J connectivity index is 0. The van der Waals surface area contributed by atoms with E-state index < -0.39 is 0 Å². The molecule has 0 fully saturated rings. The predicted molar refractivity (Wildman–Crippen MR) is 2.06 cm³/mol. The van der Waals surface area contributed by atoms with Crippen LogP contribution >= 0.6 is 0 Å². The summed E-state index contributed by atoms with van der Waals surface area (Å²) >= 11 is 0. The minimum atomic E-state index is 0. The second-order valence-electron chi connectivity index (χ2n) is 0. The predicted octanol–water partition coefficient (Wildman–Crippen LogP) is -0.361. The van der Waals surface area contributed by atoms with Crippen molar-refractivity contribution < 1.29 is 70.9 Å². The topological polar surface area (TPSA) is 85.5 Å². The number of hydrogen-bond acceptors (Lipinski definition) is 0. The molecule has 0 bridgehead atoms. The maximum Gasteiger partial charge on any atom is 4.00 e. The van der Waals surface area contributed by atoms with Gasteiger partial charge in [0.1, 0.15) is 0 Å². The summed E-state index contributed by atoms with van der Waals surface area (Å²) in [6, 6.07) is 0. The Morgan fingerprint density at radius 2 is 0.600 bits per heavy atom. The second-order valence-corrected chi connectivity index (χ2v) is 0. The largest absolute Gasteiger partial charge is 4.00 e. The molecule has 0 aliphatic rings. The van der Waals surface area contributed by atoms with Gasteiger partial charge >= 0.3 is 54.4 Å². The Hall–Kier alpha value is 1.70. The molecule has 0 spiro atoms. The molecule has 0 heterocycles. The van der Waals surface area contributed by atoms with Crippen LogP contribution in [0.3, 0.4) is 0 Å². The van der Waals surface area contributed by atoms with Gasteiger partial charge in [0.15, 0.2) is 0 Å². The summed E-state index contributed by atoms with van der Waals surface area (Å²) in [4.78, 5) is 0. The molecule has 5 heteroatoms. The van der Waals surface area contributed by atoms with Crippen molar-refractivity contribution in [3.63, 3.8) is 0 Å². The van der Waals surface area contributed by atoms with Gasteiger partial charge in [-0.25, -0.2) is 0 Å². The Bertz CT molecular complexity index is 6.85. The SMILES string of the molecule is [O-2].[O-2].[O-2].[Ti+4].[Y+3]. The van der Waals surface area contributed by atoms with Crippen LogP contribution in [-0.2, 0) is 70.9 Å². The fourth-order valence-electron chi connectivity index (χ4n) is 0. The fourth-order valence-corrected chi connectivity index (χ4v) is 0. The molecule has 0 aliphatic carbocycles. The van der Waals surface area contributed by atoms with E-state index in [0.29, 0.717) is 0 Å². The van der Waals surface area contributed by atoms with Gasteiger partial charge in [0.2, 0.25) is 0 Å². The van der Waals surface area contributed by atoms with Gasteiger partial charge in [-0.15, -0.1) is 0 Å². The summed E-state index contributed by atoms with van der Waals surface area (Å²) in [7, 11) is 0. The summed E-state index contributed by atoms with van der Waals surface area (Å²) in [6.45, 7) is 0. The summed E-state index contributed by atoms with van der Waals surface area (Å²) in [5.74, 6) is 0. The molecule has 0 unspecified atom stereocenters. The number of rotatable bonds is 0. The first-order chi connectivity index (χ1) is 0. The van der Waals surface area contributed by atoms with Crippen LogP contribution in [0.5, 0.6) is 0 Å². The molecule has 24 valence electrons. The zero-order valence-electron chi connectivity index (χ0n) is 2.30. The van der Waals surface area contributed by atoms with Crippen molar-refractivity contribution in [2.75, 3.05) is 0 Å². The standard InChI is InChI=1S/3O.Ti.Y/q3*-2;+4;+3. The Labute approximate surface area is 70.2 Å². The first-order valence-electron chi connectivity index (χ1n) is 0. The fraction of sp³-hybridized carbons (Fsp3) is 0. The molecule has 0 aromatic rings. The van der Waals surface area contributed by atoms with E-state index in [1.165, 1.54) is 0 Å². The first-order valence-corrected chi connectivity index (χ1v) is 0. The van der Waals surface area contributed by atoms with E-state index in [9.17, 15) is 0 Å². The first kappa shape index (κ1) is 75.4. The van der Waals surface area contributed by atoms with Crippen LogP contribution < -0.4 is 0 Å². The van der Waals surface area contributed by atoms with E-state index in [2.05, 4.69) is 0 Å². The van der Waals surface area contributed by atoms with Crippen molar-refractivity contribution in [2.24, 2.45) is 0 Å². The molecule has 0 radical (unpaired) electrons. The summed E-state index contributed by atoms with van der Waals surface area (Å²) in [5, 5.41) is 0. The zero-order valence-corrected chi connectivity index (χ0v) is 6.70. The van der Waals surface area contributed by atoms with Crippen LogP contribution in [0.1, 0.15) is 0 Å². The third-order valence-corrected chi connectivity index (χ3v) is 0. The van der Waals surface area contributed by atoms with Gasteiger partial charge in [-0.2, -0.15) is 0 Å². The molecule has 0 saturated heterocycles. The van der Waals surface area contributed by atoms with Crippen LogP contribution in [0.4, 0.5) is 0 Å². The van der Waals surface area contributed by atoms with Crippen molar-refractivity contribution in [1.82, 2.24) is 0 Å². The zero-order chi connectivity index (χ0) is 0. The Morgan fingerprint density at radius 1 is 0.600 bits per heavy atom. The van der Waals surface area contributed by atoms with Crippen molar-refractivity contribution >= 4 is 0 Å². The van der Waals surface area contributed by atoms with E-state index in [0.717, 1.165) is 0 Å². The molecular weight excluding hydrogens is 185 g/mol. The monoisotopic (exact) mass is 185 g/mol. The van der Waals surface area contributed by atoms with Crippen LogP contribution in [0.25, 0.3) is 0 Å². The smallest absolute Gasteiger partial charge is 2.00 e. The summed E-state index contributed by atoms with van der Waals surface area (Å²) < 4.78 is 0. The Morgan fingerprint density at radius 3 is 0.600 bits per heavy atom. The molecule has 0 atom stereocenters. The summed E-state index contributed by atoms with van der Waals surface area (Å²) in [5.41, 5.74) is 0. The summed E-state index contributed by atoms with van der Waals surface area (Å²) in [6.07, 6.45) is 0. The normalized spacial score (nSPS) is 0. The van der Waals surface area contributed by atoms with Crippen LogP contribution in [0, 0.1) is 0 Å². The average Bonchev–Trinajstić information content (AvgIpc) is 0. The maximum absolute atomic E-state index is 0. The third-order valence-electron chi connectivity index (χ3n) is 0. The maximum atomic E-state index is 0. The van der Waals surface area contributed by atoms with Gasteiger partial charge in [-0.3, -0.25) is 0 Å². The molecule has 0 saturated carbocycles. The second kappa shape index (κ2) is 43.6. The van der Waals surface area contributed by atoms with E-state index >= 15 is 0 Å². The van der Waals surface area contributed by atoms with Gasteiger partial charge in [0.25, 0.3) is 0 Å². The molecule has 0 aromatic heterocycles. The average molecular weight is 185 g/mol. The van der Waals surface area contributed by atoms with Gasteiger partial charge in [-0.1, -0.05) is 0 Å². The van der Waals surface area contributed by atoms with Gasteiger partial charge in [0.05, 0.1) is 0 Å². The number of hydrogen-bond donors (Lipinski definition) is 0. The van der Waals surface area contributed by atoms with Crippen molar-refractivity contribution in [1.29, 1.82) is 0 Å². The van der Waals surface area contributed by atoms with E-state index in [4.69, 9.17) is 0 Å². The van der Waals surface area contributed by atoms with E-state index in [-0.39, 0.29) is 70.9 Å². The third kappa shape index (κ3) is 27.0. The van der Waals surface area contributed by atoms with Gasteiger partial charge in [0, 0.05) is 0 Å². The van der Waals surface area contributed by atoms with Crippen LogP contribution in [0.15, 0.2) is 0 Å². The van der Waals surface area contributed by atoms with Crippen LogP contribution in [0.2, 0.25) is 0 Å². The molecular formula is O3TiY+. The van der Waals surface area contributed by atoms with Crippen molar-refractivity contribution in [2.45, 2.75) is 0 Å². The molecule has 5 heavy (non-hydrogen) atoms. The molecule has 0 rings (SSSR count). The van der Waals surface area contributed by atoms with Gasteiger partial charge in [-0.05, 0) is 0 Å². The Kier molecular flexibility index (Phi) is 658. The molecule has 3 nitrogen and oxygen atoms in total.